The standard InChI is InChI=1S/C6H11NO2/c1-7(2)6(9)4-3-5-8/h3-6,9H,1-2H3/b4-3-. The molecule has 0 rings (SSSR count). The van der Waals surface area contributed by atoms with Crippen molar-refractivity contribution < 1.29 is 9.90 Å². The number of allylic oxidation sites excluding steroid dienone is 1. The summed E-state index contributed by atoms with van der Waals surface area (Å²) in [7, 11) is 3.44. The lowest BCUT2D eigenvalue weighted by Crippen LogP contribution is -2.24. The first-order chi connectivity index (χ1) is 4.18. The third kappa shape index (κ3) is 3.88. The van der Waals surface area contributed by atoms with Crippen LogP contribution in [0, 0.1) is 0 Å². The molecule has 52 valence electrons. The highest BCUT2D eigenvalue weighted by atomic mass is 16.3. The minimum atomic E-state index is -0.657. The van der Waals surface area contributed by atoms with Gasteiger partial charge in [0.15, 0.2) is 0 Å². The fourth-order valence-corrected chi connectivity index (χ4v) is 0.317. The third-order valence-corrected chi connectivity index (χ3v) is 0.891. The smallest absolute Gasteiger partial charge is 0.142 e. The van der Waals surface area contributed by atoms with Crippen LogP contribution < -0.4 is 0 Å². The molecule has 3 nitrogen and oxygen atoms in total. The first kappa shape index (κ1) is 8.33. The van der Waals surface area contributed by atoms with Crippen LogP contribution in [0.2, 0.25) is 0 Å². The van der Waals surface area contributed by atoms with E-state index in [0.29, 0.717) is 6.29 Å². The van der Waals surface area contributed by atoms with Crippen LogP contribution in [-0.2, 0) is 4.79 Å². The number of aldehydes is 1. The van der Waals surface area contributed by atoms with Crippen molar-refractivity contribution in [3.05, 3.63) is 12.2 Å². The summed E-state index contributed by atoms with van der Waals surface area (Å²) in [5.74, 6) is 0. The summed E-state index contributed by atoms with van der Waals surface area (Å²) in [6, 6.07) is 0. The predicted octanol–water partition coefficient (Wildman–Crippen LogP) is -0.379. The van der Waals surface area contributed by atoms with Gasteiger partial charge in [0.1, 0.15) is 12.5 Å². The van der Waals surface area contributed by atoms with Gasteiger partial charge < -0.3 is 5.11 Å². The van der Waals surface area contributed by atoms with Crippen molar-refractivity contribution in [2.24, 2.45) is 0 Å². The zero-order valence-corrected chi connectivity index (χ0v) is 5.61. The minimum Gasteiger partial charge on any atom is -0.375 e. The zero-order valence-electron chi connectivity index (χ0n) is 5.61. The van der Waals surface area contributed by atoms with Crippen molar-refractivity contribution in [3.8, 4) is 0 Å². The number of rotatable bonds is 3. The molecule has 0 aliphatic rings. The molecule has 0 amide bonds. The van der Waals surface area contributed by atoms with Crippen molar-refractivity contribution in [3.63, 3.8) is 0 Å². The van der Waals surface area contributed by atoms with Crippen LogP contribution in [0.1, 0.15) is 0 Å². The lowest BCUT2D eigenvalue weighted by atomic mass is 10.4. The van der Waals surface area contributed by atoms with E-state index in [1.54, 1.807) is 19.0 Å². The first-order valence-electron chi connectivity index (χ1n) is 2.65. The molecule has 1 unspecified atom stereocenters. The van der Waals surface area contributed by atoms with Crippen LogP contribution in [0.5, 0.6) is 0 Å². The Kier molecular flexibility index (Phi) is 3.92. The van der Waals surface area contributed by atoms with Crippen LogP contribution in [-0.4, -0.2) is 36.6 Å². The van der Waals surface area contributed by atoms with Crippen LogP contribution in [0.3, 0.4) is 0 Å². The summed E-state index contributed by atoms with van der Waals surface area (Å²) in [5, 5.41) is 8.94. The van der Waals surface area contributed by atoms with Crippen LogP contribution in [0.4, 0.5) is 0 Å². The molecule has 9 heavy (non-hydrogen) atoms. The molecule has 0 radical (unpaired) electrons. The van der Waals surface area contributed by atoms with Gasteiger partial charge >= 0.3 is 0 Å². The fraction of sp³-hybridized carbons (Fsp3) is 0.500. The Hall–Kier alpha value is -0.670. The second-order valence-corrected chi connectivity index (χ2v) is 1.90. The maximum absolute atomic E-state index is 9.72. The van der Waals surface area contributed by atoms with E-state index in [1.807, 2.05) is 0 Å². The highest BCUT2D eigenvalue weighted by Gasteiger charge is 1.97. The number of hydrogen-bond donors (Lipinski definition) is 1. The lowest BCUT2D eigenvalue weighted by molar-refractivity contribution is -0.104. The number of nitrogens with zero attached hydrogens (tertiary/aromatic N) is 1. The molecule has 1 N–H and O–H groups in total. The fourth-order valence-electron chi connectivity index (χ4n) is 0.317. The number of hydrogen-bond acceptors (Lipinski definition) is 3. The Bertz CT molecular complexity index is 110. The second kappa shape index (κ2) is 4.23. The van der Waals surface area contributed by atoms with Gasteiger partial charge in [0.05, 0.1) is 0 Å². The molecule has 0 saturated heterocycles. The van der Waals surface area contributed by atoms with Crippen molar-refractivity contribution in [1.82, 2.24) is 4.90 Å². The monoisotopic (exact) mass is 129 g/mol. The Labute approximate surface area is 54.6 Å². The van der Waals surface area contributed by atoms with E-state index in [4.69, 9.17) is 5.11 Å². The summed E-state index contributed by atoms with van der Waals surface area (Å²) in [5.41, 5.74) is 0. The number of carbonyl (C=O) groups is 1. The van der Waals surface area contributed by atoms with Gasteiger partial charge in [-0.2, -0.15) is 0 Å². The molecule has 1 atom stereocenters. The largest absolute Gasteiger partial charge is 0.375 e. The molecule has 0 aromatic heterocycles. The molecule has 0 aromatic carbocycles. The van der Waals surface area contributed by atoms with Crippen molar-refractivity contribution in [2.45, 2.75) is 6.23 Å². The Morgan fingerprint density at radius 2 is 2.11 bits per heavy atom. The van der Waals surface area contributed by atoms with Gasteiger partial charge in [-0.25, -0.2) is 0 Å². The SMILES string of the molecule is CN(C)C(O)/C=C\C=O. The van der Waals surface area contributed by atoms with Gasteiger partial charge in [-0.3, -0.25) is 9.69 Å². The summed E-state index contributed by atoms with van der Waals surface area (Å²) >= 11 is 0. The summed E-state index contributed by atoms with van der Waals surface area (Å²) in [6.07, 6.45) is 2.65. The van der Waals surface area contributed by atoms with E-state index < -0.39 is 6.23 Å². The molecule has 3 heteroatoms. The maximum Gasteiger partial charge on any atom is 0.142 e. The molecular formula is C6H11NO2. The minimum absolute atomic E-state index is 0.632. The van der Waals surface area contributed by atoms with Crippen molar-refractivity contribution in [2.75, 3.05) is 14.1 Å². The lowest BCUT2D eigenvalue weighted by Gasteiger charge is -2.12. The average Bonchev–Trinajstić information content (AvgIpc) is 1.82. The van der Waals surface area contributed by atoms with Gasteiger partial charge in [0.25, 0.3) is 0 Å². The van der Waals surface area contributed by atoms with E-state index >= 15 is 0 Å². The van der Waals surface area contributed by atoms with Crippen molar-refractivity contribution >= 4 is 6.29 Å². The normalized spacial score (nSPS) is 14.7. The molecule has 0 aromatic rings. The Morgan fingerprint density at radius 1 is 1.56 bits per heavy atom. The van der Waals surface area contributed by atoms with Crippen LogP contribution in [0.15, 0.2) is 12.2 Å². The summed E-state index contributed by atoms with van der Waals surface area (Å²) < 4.78 is 0. The third-order valence-electron chi connectivity index (χ3n) is 0.891. The maximum atomic E-state index is 9.72. The van der Waals surface area contributed by atoms with Gasteiger partial charge in [-0.1, -0.05) is 0 Å². The summed E-state index contributed by atoms with van der Waals surface area (Å²) in [4.78, 5) is 11.3. The van der Waals surface area contributed by atoms with Gasteiger partial charge in [0.2, 0.25) is 0 Å². The molecule has 0 aliphatic carbocycles. The number of aliphatic hydroxyl groups is 1. The molecule has 0 saturated carbocycles. The molecular weight excluding hydrogens is 118 g/mol. The number of carbonyl (C=O) groups excluding carboxylic acids is 1. The average molecular weight is 129 g/mol. The molecule has 0 heterocycles. The van der Waals surface area contributed by atoms with E-state index in [0.717, 1.165) is 0 Å². The van der Waals surface area contributed by atoms with E-state index in [2.05, 4.69) is 0 Å². The highest BCUT2D eigenvalue weighted by molar-refractivity contribution is 5.64. The van der Waals surface area contributed by atoms with E-state index in [1.165, 1.54) is 12.2 Å². The number of aliphatic hydroxyl groups excluding tert-OH is 1. The van der Waals surface area contributed by atoms with E-state index in [9.17, 15) is 4.79 Å². The van der Waals surface area contributed by atoms with Crippen molar-refractivity contribution in [1.29, 1.82) is 0 Å². The highest BCUT2D eigenvalue weighted by Crippen LogP contribution is 1.87. The Balaban J connectivity index is 3.61. The first-order valence-corrected chi connectivity index (χ1v) is 2.65. The molecule has 0 spiro atoms. The Morgan fingerprint density at radius 3 is 2.44 bits per heavy atom. The quantitative estimate of drug-likeness (QED) is 0.321. The van der Waals surface area contributed by atoms with Gasteiger partial charge in [-0.05, 0) is 26.2 Å². The number of likely N-dealkylation sites (N-methyl/N-ethyl adjacent to an activating group) is 1. The van der Waals surface area contributed by atoms with E-state index in [-0.39, 0.29) is 0 Å². The van der Waals surface area contributed by atoms with Gasteiger partial charge in [-0.15, -0.1) is 0 Å². The second-order valence-electron chi connectivity index (χ2n) is 1.90. The summed E-state index contributed by atoms with van der Waals surface area (Å²) in [6.45, 7) is 0. The topological polar surface area (TPSA) is 40.5 Å². The molecule has 0 fully saturated rings. The zero-order chi connectivity index (χ0) is 7.28. The van der Waals surface area contributed by atoms with Gasteiger partial charge in [0, 0.05) is 0 Å². The van der Waals surface area contributed by atoms with Crippen LogP contribution >= 0.6 is 0 Å². The van der Waals surface area contributed by atoms with Crippen LogP contribution in [0.25, 0.3) is 0 Å². The molecule has 0 bridgehead atoms. The predicted molar refractivity (Wildman–Crippen MR) is 34.9 cm³/mol. The molecule has 0 aliphatic heterocycles.